The number of carbonyl (C=O) groups excluding carboxylic acids is 7. The first kappa shape index (κ1) is 67.7. The third-order valence-electron chi connectivity index (χ3n) is 16.5. The molecule has 1 fully saturated rings. The molecule has 1 saturated heterocycles. The summed E-state index contributed by atoms with van der Waals surface area (Å²) < 4.78 is 24.7. The SMILES string of the molecule is CC(=O)Oc1cc(C)c(C(=O)O/N=C(\C(=O)N[C@@H]2C(=O)N3C(C(=O)OC(c4ccccc4)c4ccccc4)=C(CSc4cc(C)nc5nc(C(=O)OC(c6ccccc6)c6ccccc6)nn45)CS[C@H]23)c2csc(NC(c3ccccc3)(c3ccccc3)c3ccccc3)n2)cc1OC(C)=O. The smallest absolute Gasteiger partial charge is 0.379 e. The molecule has 13 rings (SSSR count). The molecule has 0 radical (unpaired) electrons. The summed E-state index contributed by atoms with van der Waals surface area (Å²) in [6.45, 7) is 5.59. The van der Waals surface area contributed by atoms with Crippen molar-refractivity contribution in [2.45, 2.75) is 61.9 Å². The largest absolute Gasteiger partial charge is 0.448 e. The van der Waals surface area contributed by atoms with E-state index in [1.807, 2.05) is 212 Å². The van der Waals surface area contributed by atoms with Gasteiger partial charge in [-0.3, -0.25) is 24.1 Å². The van der Waals surface area contributed by atoms with E-state index in [9.17, 15) is 19.2 Å². The summed E-state index contributed by atoms with van der Waals surface area (Å²) in [6.07, 6.45) is -1.70. The van der Waals surface area contributed by atoms with Crippen LogP contribution in [-0.4, -0.2) is 99.8 Å². The highest BCUT2D eigenvalue weighted by atomic mass is 32.2. The number of nitrogens with zero attached hydrogens (tertiary/aromatic N) is 7. The lowest BCUT2D eigenvalue weighted by Gasteiger charge is -2.49. The van der Waals surface area contributed by atoms with Gasteiger partial charge in [0, 0.05) is 36.4 Å². The number of thiazole rings is 1. The van der Waals surface area contributed by atoms with Gasteiger partial charge in [0.15, 0.2) is 34.6 Å². The van der Waals surface area contributed by atoms with Crippen LogP contribution >= 0.6 is 34.9 Å². The average Bonchev–Trinajstić information content (AvgIpc) is 1.57. The molecule has 2 aliphatic rings. The molecule has 8 aromatic carbocycles. The van der Waals surface area contributed by atoms with Gasteiger partial charge >= 0.3 is 29.8 Å². The zero-order valence-corrected chi connectivity index (χ0v) is 56.9. The van der Waals surface area contributed by atoms with Crippen LogP contribution in [0.15, 0.2) is 257 Å². The van der Waals surface area contributed by atoms with E-state index in [4.69, 9.17) is 28.8 Å². The Hall–Kier alpha value is -11.9. The van der Waals surface area contributed by atoms with Crippen molar-refractivity contribution < 1.29 is 57.3 Å². The molecule has 24 heteroatoms. The molecule has 0 unspecified atom stereocenters. The zero-order chi connectivity index (χ0) is 70.2. The van der Waals surface area contributed by atoms with Crippen molar-refractivity contribution in [1.82, 2.24) is 34.8 Å². The Morgan fingerprint density at radius 2 is 1.10 bits per heavy atom. The first-order chi connectivity index (χ1) is 49.1. The van der Waals surface area contributed by atoms with E-state index in [1.165, 1.54) is 45.9 Å². The van der Waals surface area contributed by atoms with Crippen molar-refractivity contribution in [3.8, 4) is 11.5 Å². The normalized spacial score (nSPS) is 14.4. The van der Waals surface area contributed by atoms with E-state index in [0.717, 1.165) is 59.1 Å². The van der Waals surface area contributed by atoms with Crippen molar-refractivity contribution in [2.24, 2.45) is 5.16 Å². The van der Waals surface area contributed by atoms with Gasteiger partial charge in [-0.05, 0) is 82.1 Å². The highest BCUT2D eigenvalue weighted by molar-refractivity contribution is 8.01. The summed E-state index contributed by atoms with van der Waals surface area (Å²) >= 11 is 3.69. The minimum atomic E-state index is -1.30. The van der Waals surface area contributed by atoms with Crippen LogP contribution in [0.4, 0.5) is 5.13 Å². The number of nitrogens with one attached hydrogen (secondary N) is 2. The Morgan fingerprint density at radius 1 is 0.614 bits per heavy atom. The van der Waals surface area contributed by atoms with Gasteiger partial charge in [-0.15, -0.1) is 40.0 Å². The molecule has 2 aliphatic heterocycles. The van der Waals surface area contributed by atoms with E-state index in [0.29, 0.717) is 32.6 Å². The molecule has 2 atom stereocenters. The third-order valence-corrected chi connectivity index (χ3v) is 19.7. The summed E-state index contributed by atoms with van der Waals surface area (Å²) in [4.78, 5) is 120. The first-order valence-corrected chi connectivity index (χ1v) is 34.7. The van der Waals surface area contributed by atoms with Gasteiger partial charge in [0.1, 0.15) is 33.4 Å². The van der Waals surface area contributed by atoms with Gasteiger partial charge in [0.2, 0.25) is 0 Å². The van der Waals surface area contributed by atoms with E-state index in [1.54, 1.807) is 18.4 Å². The number of aromatic nitrogens is 5. The van der Waals surface area contributed by atoms with Gasteiger partial charge in [-0.1, -0.05) is 217 Å². The predicted molar refractivity (Wildman–Crippen MR) is 380 cm³/mol. The summed E-state index contributed by atoms with van der Waals surface area (Å²) in [5.74, 6) is -6.15. The van der Waals surface area contributed by atoms with Crippen molar-refractivity contribution >= 4 is 93.1 Å². The lowest BCUT2D eigenvalue weighted by molar-refractivity contribution is -0.154. The fourth-order valence-electron chi connectivity index (χ4n) is 11.9. The number of ether oxygens (including phenoxy) is 4. The molecule has 101 heavy (non-hydrogen) atoms. The Bertz CT molecular complexity index is 4820. The highest BCUT2D eigenvalue weighted by Gasteiger charge is 2.55. The van der Waals surface area contributed by atoms with Crippen molar-refractivity contribution in [1.29, 1.82) is 0 Å². The van der Waals surface area contributed by atoms with Crippen molar-refractivity contribution in [3.05, 3.63) is 314 Å². The number of carbonyl (C=O) groups is 7. The van der Waals surface area contributed by atoms with Crippen molar-refractivity contribution in [3.63, 3.8) is 0 Å². The molecule has 21 nitrogen and oxygen atoms in total. The van der Waals surface area contributed by atoms with E-state index < -0.39 is 76.5 Å². The van der Waals surface area contributed by atoms with E-state index >= 15 is 14.4 Å². The number of β-lactam (4-membered cyclic amide) rings is 1. The number of oxime groups is 1. The maximum Gasteiger partial charge on any atom is 0.379 e. The number of fused-ring (bicyclic) bond motifs is 2. The quantitative estimate of drug-likeness (QED) is 0.00694. The second kappa shape index (κ2) is 30.1. The number of thioether (sulfide) groups is 2. The molecule has 0 spiro atoms. The number of anilines is 1. The molecule has 2 N–H and O–H groups in total. The van der Waals surface area contributed by atoms with Crippen LogP contribution in [0.25, 0.3) is 5.78 Å². The average molecular weight is 1400 g/mol. The number of esters is 4. The lowest BCUT2D eigenvalue weighted by atomic mass is 9.77. The Balaban J connectivity index is 0.836. The molecule has 0 saturated carbocycles. The zero-order valence-electron chi connectivity index (χ0n) is 54.5. The fourth-order valence-corrected chi connectivity index (χ4v) is 15.1. The maximum atomic E-state index is 15.4. The van der Waals surface area contributed by atoms with Crippen LogP contribution < -0.4 is 20.1 Å². The third kappa shape index (κ3) is 14.7. The molecule has 11 aromatic rings. The highest BCUT2D eigenvalue weighted by Crippen LogP contribution is 2.45. The van der Waals surface area contributed by atoms with Gasteiger partial charge < -0.3 is 34.4 Å². The minimum absolute atomic E-state index is 0.0497. The Morgan fingerprint density at radius 3 is 1.60 bits per heavy atom. The molecule has 2 amide bonds. The molecule has 3 aromatic heterocycles. The number of hydrogen-bond donors (Lipinski definition) is 2. The molecular weight excluding hydrogens is 1340 g/mol. The molecule has 0 aliphatic carbocycles. The summed E-state index contributed by atoms with van der Waals surface area (Å²) in [7, 11) is 0. The summed E-state index contributed by atoms with van der Waals surface area (Å²) in [6, 6.07) is 69.3. The van der Waals surface area contributed by atoms with Crippen LogP contribution in [0, 0.1) is 13.8 Å². The van der Waals surface area contributed by atoms with E-state index in [-0.39, 0.29) is 57.1 Å². The first-order valence-electron chi connectivity index (χ1n) is 31.8. The second-order valence-electron chi connectivity index (χ2n) is 23.3. The van der Waals surface area contributed by atoms with Gasteiger partial charge in [-0.25, -0.2) is 24.4 Å². The Kier molecular flexibility index (Phi) is 20.2. The van der Waals surface area contributed by atoms with Gasteiger partial charge in [-0.2, -0.15) is 9.50 Å². The lowest BCUT2D eigenvalue weighted by Crippen LogP contribution is -2.71. The Labute approximate surface area is 591 Å². The minimum Gasteiger partial charge on any atom is -0.448 e. The fraction of sp³-hybridized carbons (Fsp3) is 0.143. The van der Waals surface area contributed by atoms with Gasteiger partial charge in [0.25, 0.3) is 23.4 Å². The maximum absolute atomic E-state index is 15.4. The van der Waals surface area contributed by atoms with Crippen LogP contribution in [0.2, 0.25) is 0 Å². The van der Waals surface area contributed by atoms with Crippen LogP contribution in [0.3, 0.4) is 0 Å². The van der Waals surface area contributed by atoms with Crippen LogP contribution in [-0.2, 0) is 43.8 Å². The number of amides is 2. The van der Waals surface area contributed by atoms with Crippen molar-refractivity contribution in [2.75, 3.05) is 16.8 Å². The number of aryl methyl sites for hydroxylation is 2. The van der Waals surface area contributed by atoms with Crippen LogP contribution in [0.5, 0.6) is 11.5 Å². The molecule has 0 bridgehead atoms. The molecular formula is C77H61N9O12S3. The number of benzene rings is 8. The summed E-state index contributed by atoms with van der Waals surface area (Å²) in [5, 5.41) is 16.8. The summed E-state index contributed by atoms with van der Waals surface area (Å²) in [5.41, 5.74) is 4.78. The standard InChI is InChI=1S/C77H61N9O12S3/c1-46-40-60(94-48(3)87)61(95-49(4)88)42-58(46)72(91)98-84-63(59-45-101-76(79-59)82-77(55-34-20-9-21-35-55,56-36-22-10-23-37-56)57-38-24-11-25-39-57)69(89)80-64-70(90)85-65(73(92)96-66(50-26-12-5-13-27-50)51-28-14-6-15-29-51)54(44-100-71(64)85)43-99-62-41-47(2)78-75-81-68(83-86(62)75)74(93)97-67(52-30-16-7-17-31-52)53-32-18-8-19-33-53/h5-42,45,64,66-67,71H,43-44H2,1-4H3,(H,79,82)(H,80,89)/b84-63-/t64-,71-/m1/s1. The second-order valence-corrected chi connectivity index (χ2v) is 26.3. The monoisotopic (exact) mass is 1400 g/mol. The van der Waals surface area contributed by atoms with Crippen LogP contribution in [0.1, 0.15) is 103 Å². The van der Waals surface area contributed by atoms with Gasteiger partial charge in [0.05, 0.1) is 5.56 Å². The number of rotatable bonds is 23. The topological polar surface area (TPSA) is 261 Å². The predicted octanol–water partition coefficient (Wildman–Crippen LogP) is 12.7. The molecule has 504 valence electrons. The van der Waals surface area contributed by atoms with E-state index in [2.05, 4.69) is 30.9 Å². The number of hydrogen-bond acceptors (Lipinski definition) is 21. The molecule has 5 heterocycles.